The van der Waals surface area contributed by atoms with Crippen LogP contribution in [0.3, 0.4) is 0 Å². The van der Waals surface area contributed by atoms with E-state index in [9.17, 15) is 0 Å². The maximum Gasteiger partial charge on any atom is 0.0920 e. The van der Waals surface area contributed by atoms with Crippen LogP contribution in [0.15, 0.2) is 97.1 Å². The second-order valence-corrected chi connectivity index (χ2v) is 14.9. The first-order chi connectivity index (χ1) is 19.1. The van der Waals surface area contributed by atoms with Crippen LogP contribution in [0.4, 0.5) is 0 Å². The maximum absolute atomic E-state index is 4.93. The molecule has 2 radical (unpaired) electrons. The molecule has 1 aliphatic heterocycles. The van der Waals surface area contributed by atoms with Crippen molar-refractivity contribution in [3.05, 3.63) is 114 Å². The fourth-order valence-electron chi connectivity index (χ4n) is 5.12. The Bertz CT molecular complexity index is 1430. The van der Waals surface area contributed by atoms with Crippen molar-refractivity contribution in [3.63, 3.8) is 0 Å². The Kier molecular flexibility index (Phi) is 11.8. The molecule has 39 heavy (non-hydrogen) atoms. The minimum atomic E-state index is -0.826. The molecule has 196 valence electrons. The van der Waals surface area contributed by atoms with Gasteiger partial charge in [0.2, 0.25) is 0 Å². The van der Waals surface area contributed by atoms with Gasteiger partial charge in [-0.2, -0.15) is 35.5 Å². The van der Waals surface area contributed by atoms with Gasteiger partial charge in [-0.25, -0.2) is 0 Å². The predicted molar refractivity (Wildman–Crippen MR) is 170 cm³/mol. The van der Waals surface area contributed by atoms with E-state index >= 15 is 0 Å². The predicted octanol–water partition coefficient (Wildman–Crippen LogP) is 9.58. The van der Waals surface area contributed by atoms with Gasteiger partial charge in [-0.15, -0.1) is 40.1 Å². The molecule has 0 N–H and O–H groups in total. The van der Waals surface area contributed by atoms with Crippen LogP contribution in [0, 0.1) is 6.07 Å². The summed E-state index contributed by atoms with van der Waals surface area (Å²) < 4.78 is 0. The maximum atomic E-state index is 4.93. The second kappa shape index (κ2) is 15.2. The molecule has 0 fully saturated rings. The van der Waals surface area contributed by atoms with Crippen LogP contribution in [-0.4, -0.2) is 9.52 Å². The van der Waals surface area contributed by atoms with E-state index < -0.39 is 20.8 Å². The third-order valence-corrected chi connectivity index (χ3v) is 8.74. The van der Waals surface area contributed by atoms with Crippen molar-refractivity contribution in [2.24, 2.45) is 0 Å². The topological polar surface area (TPSA) is 0 Å². The zero-order valence-corrected chi connectivity index (χ0v) is 27.9. The summed E-state index contributed by atoms with van der Waals surface area (Å²) >= 11 is -0.826. The number of hydrogen-bond donors (Lipinski definition) is 0. The van der Waals surface area contributed by atoms with E-state index in [-0.39, 0.29) is 0 Å². The Morgan fingerprint density at radius 2 is 1.62 bits per heavy atom. The first kappa shape index (κ1) is 30.1. The first-order valence-electron chi connectivity index (χ1n) is 13.7. The van der Waals surface area contributed by atoms with E-state index in [1.807, 2.05) is 6.07 Å². The number of aryl methyl sites for hydroxylation is 1. The van der Waals surface area contributed by atoms with Crippen molar-refractivity contribution in [2.75, 3.05) is 0 Å². The fraction of sp³-hybridized carbons (Fsp3) is 0.229. The van der Waals surface area contributed by atoms with Crippen LogP contribution in [0.2, 0.25) is 0 Å². The quantitative estimate of drug-likeness (QED) is 0.125. The molecule has 0 amide bonds. The molecule has 5 aromatic carbocycles. The van der Waals surface area contributed by atoms with Crippen LogP contribution in [0.25, 0.3) is 33.0 Å². The van der Waals surface area contributed by atoms with E-state index in [0.29, 0.717) is 5.92 Å². The Morgan fingerprint density at radius 1 is 0.897 bits per heavy atom. The molecule has 0 spiro atoms. The average Bonchev–Trinajstić information content (AvgIpc) is 3.58. The summed E-state index contributed by atoms with van der Waals surface area (Å²) in [5.74, 6) is 0.630. The van der Waals surface area contributed by atoms with Gasteiger partial charge in [-0.05, 0) is 24.3 Å². The molecule has 0 saturated heterocycles. The minimum Gasteiger partial charge on any atom is -0.184 e. The van der Waals surface area contributed by atoms with Crippen molar-refractivity contribution >= 4 is 47.7 Å². The largest absolute Gasteiger partial charge is 0.184 e. The fourth-order valence-corrected chi connectivity index (χ4v) is 6.43. The summed E-state index contributed by atoms with van der Waals surface area (Å²) in [6, 6.07) is 38.6. The molecule has 0 aromatic heterocycles. The number of unbranched alkanes of at least 4 members (excludes halogenated alkanes) is 1. The van der Waals surface area contributed by atoms with E-state index in [1.54, 1.807) is 0 Å². The van der Waals surface area contributed by atoms with E-state index in [0.717, 1.165) is 9.52 Å². The standard InChI is InChI=1S/C23H27.C12H7Si.2ClH.Zr/c1-4-6-10-19-13-14-20-15-21(17(3)5-2)16-22(20)23(19)18-11-8-7-9-12-18;1-3-7-11-9(5-1)10-6-2-4-8-12(10)13-11;;;/h7-9,11-17H,4-6,10H2,1-3H3;1-7H;2*1H;/q2*-1;;;+4/p-2. The Labute approximate surface area is 255 Å². The van der Waals surface area contributed by atoms with Gasteiger partial charge in [0.25, 0.3) is 0 Å². The SMILES string of the molecule is CCCCc1ccc2[cH-]c(C(C)CC)cc2c1-c1ccccc1.[Cl][Zr+2][Cl].[c-]1cccc2c1[Si]c1ccccc1-2. The smallest absolute Gasteiger partial charge is 0.0920 e. The van der Waals surface area contributed by atoms with Crippen molar-refractivity contribution in [3.8, 4) is 22.3 Å². The molecule has 1 atom stereocenters. The molecule has 1 unspecified atom stereocenters. The summed E-state index contributed by atoms with van der Waals surface area (Å²) in [6.07, 6.45) is 4.86. The minimum absolute atomic E-state index is 0.630. The van der Waals surface area contributed by atoms with Gasteiger partial charge >= 0.3 is 37.9 Å². The van der Waals surface area contributed by atoms with Gasteiger partial charge in [0, 0.05) is 0 Å². The van der Waals surface area contributed by atoms with E-state index in [2.05, 4.69) is 118 Å². The van der Waals surface area contributed by atoms with Crippen LogP contribution in [0.1, 0.15) is 57.1 Å². The number of benzene rings is 4. The molecular weight excluding hydrogens is 611 g/mol. The van der Waals surface area contributed by atoms with Gasteiger partial charge in [-0.3, -0.25) is 0 Å². The molecule has 0 bridgehead atoms. The van der Waals surface area contributed by atoms with Gasteiger partial charge in [0.1, 0.15) is 0 Å². The molecule has 6 rings (SSSR count). The van der Waals surface area contributed by atoms with Crippen LogP contribution < -0.4 is 10.4 Å². The molecule has 0 nitrogen and oxygen atoms in total. The average molecular weight is 645 g/mol. The zero-order chi connectivity index (χ0) is 27.6. The van der Waals surface area contributed by atoms with Crippen molar-refractivity contribution in [1.29, 1.82) is 0 Å². The molecule has 1 heterocycles. The van der Waals surface area contributed by atoms with E-state index in [4.69, 9.17) is 17.0 Å². The van der Waals surface area contributed by atoms with Crippen molar-refractivity contribution in [1.82, 2.24) is 0 Å². The van der Waals surface area contributed by atoms with E-state index in [1.165, 1.54) is 80.2 Å². The normalized spacial score (nSPS) is 11.8. The molecule has 5 aromatic rings. The van der Waals surface area contributed by atoms with Crippen LogP contribution in [0.5, 0.6) is 0 Å². The van der Waals surface area contributed by atoms with Gasteiger partial charge in [0.05, 0.1) is 9.52 Å². The van der Waals surface area contributed by atoms with Crippen LogP contribution >= 0.6 is 17.0 Å². The van der Waals surface area contributed by atoms with Crippen LogP contribution in [-0.2, 0) is 27.3 Å². The molecule has 4 heteroatoms. The summed E-state index contributed by atoms with van der Waals surface area (Å²) in [5, 5.41) is 5.64. The number of rotatable bonds is 6. The molecular formula is C35H34Cl2SiZr. The first-order valence-corrected chi connectivity index (χ1v) is 21.0. The second-order valence-electron chi connectivity index (χ2n) is 9.87. The number of fused-ring (bicyclic) bond motifs is 4. The summed E-state index contributed by atoms with van der Waals surface area (Å²) in [4.78, 5) is 0. The Hall–Kier alpha value is -1.83. The van der Waals surface area contributed by atoms with Crippen molar-refractivity contribution < 1.29 is 20.8 Å². The number of hydrogen-bond acceptors (Lipinski definition) is 0. The van der Waals surface area contributed by atoms with Gasteiger partial charge < -0.3 is 0 Å². The molecule has 1 aliphatic rings. The van der Waals surface area contributed by atoms with Gasteiger partial charge in [-0.1, -0.05) is 110 Å². The molecule has 0 saturated carbocycles. The molecule has 0 aliphatic carbocycles. The zero-order valence-electron chi connectivity index (χ0n) is 22.9. The third-order valence-electron chi connectivity index (χ3n) is 7.38. The third kappa shape index (κ3) is 7.47. The Morgan fingerprint density at radius 3 is 2.36 bits per heavy atom. The number of halogens is 2. The monoisotopic (exact) mass is 642 g/mol. The van der Waals surface area contributed by atoms with Gasteiger partial charge in [0.15, 0.2) is 0 Å². The summed E-state index contributed by atoms with van der Waals surface area (Å²) in [6.45, 7) is 6.87. The van der Waals surface area contributed by atoms with Crippen molar-refractivity contribution in [2.45, 2.75) is 52.4 Å². The summed E-state index contributed by atoms with van der Waals surface area (Å²) in [5.41, 5.74) is 8.54. The summed E-state index contributed by atoms with van der Waals surface area (Å²) in [7, 11) is 10.7. The Balaban J connectivity index is 0.000000184.